The van der Waals surface area contributed by atoms with Crippen LogP contribution in [0.5, 0.6) is 5.75 Å². The van der Waals surface area contributed by atoms with Crippen molar-refractivity contribution in [1.29, 1.82) is 0 Å². The summed E-state index contributed by atoms with van der Waals surface area (Å²) < 4.78 is 16.2. The Labute approximate surface area is 120 Å². The third-order valence-corrected chi connectivity index (χ3v) is 2.63. The molecule has 0 bridgehead atoms. The van der Waals surface area contributed by atoms with E-state index in [9.17, 15) is 5.11 Å². The highest BCUT2D eigenvalue weighted by Gasteiger charge is 2.10. The standard InChI is InChI=1S/C15H24O5/c1-12(8-16)18-9-13(2)19-10-14(17)11-20-15-6-4-3-5-7-15/h3-7,12-14,16-17H,8-11H2,1-2H3. The number of aliphatic hydroxyl groups is 2. The van der Waals surface area contributed by atoms with E-state index in [-0.39, 0.29) is 32.0 Å². The van der Waals surface area contributed by atoms with Crippen molar-refractivity contribution in [2.24, 2.45) is 0 Å². The maximum Gasteiger partial charge on any atom is 0.119 e. The Balaban J connectivity index is 2.11. The van der Waals surface area contributed by atoms with E-state index in [0.29, 0.717) is 6.61 Å². The lowest BCUT2D eigenvalue weighted by Crippen LogP contribution is -2.29. The number of hydrogen-bond acceptors (Lipinski definition) is 5. The predicted molar refractivity (Wildman–Crippen MR) is 75.9 cm³/mol. The second kappa shape index (κ2) is 9.72. The van der Waals surface area contributed by atoms with E-state index in [1.807, 2.05) is 37.3 Å². The highest BCUT2D eigenvalue weighted by atomic mass is 16.5. The van der Waals surface area contributed by atoms with Gasteiger partial charge in [0.2, 0.25) is 0 Å². The quantitative estimate of drug-likeness (QED) is 0.676. The molecule has 0 saturated heterocycles. The molecular weight excluding hydrogens is 260 g/mol. The molecule has 1 aromatic rings. The van der Waals surface area contributed by atoms with Gasteiger partial charge in [-0.1, -0.05) is 18.2 Å². The first kappa shape index (κ1) is 16.9. The van der Waals surface area contributed by atoms with E-state index in [1.165, 1.54) is 0 Å². The first-order valence-corrected chi connectivity index (χ1v) is 6.81. The molecule has 0 amide bonds. The van der Waals surface area contributed by atoms with Gasteiger partial charge in [-0.2, -0.15) is 0 Å². The average molecular weight is 284 g/mol. The molecule has 0 fully saturated rings. The zero-order valence-corrected chi connectivity index (χ0v) is 12.1. The maximum atomic E-state index is 9.75. The van der Waals surface area contributed by atoms with Crippen molar-refractivity contribution in [2.75, 3.05) is 26.4 Å². The number of aliphatic hydroxyl groups excluding tert-OH is 2. The molecule has 5 heteroatoms. The summed E-state index contributed by atoms with van der Waals surface area (Å²) in [5, 5.41) is 18.6. The predicted octanol–water partition coefficient (Wildman–Crippen LogP) is 1.23. The summed E-state index contributed by atoms with van der Waals surface area (Å²) in [6.07, 6.45) is -1.03. The van der Waals surface area contributed by atoms with E-state index >= 15 is 0 Å². The van der Waals surface area contributed by atoms with Gasteiger partial charge in [0.1, 0.15) is 18.5 Å². The second-order valence-corrected chi connectivity index (χ2v) is 4.75. The molecule has 0 spiro atoms. The van der Waals surface area contributed by atoms with E-state index in [1.54, 1.807) is 6.92 Å². The average Bonchev–Trinajstić information content (AvgIpc) is 2.49. The normalized spacial score (nSPS) is 15.6. The highest BCUT2D eigenvalue weighted by Crippen LogP contribution is 2.08. The van der Waals surface area contributed by atoms with Gasteiger partial charge in [-0.05, 0) is 26.0 Å². The van der Waals surface area contributed by atoms with Gasteiger partial charge in [0.15, 0.2) is 0 Å². The Kier molecular flexibility index (Phi) is 8.22. The highest BCUT2D eigenvalue weighted by molar-refractivity contribution is 5.20. The summed E-state index contributed by atoms with van der Waals surface area (Å²) >= 11 is 0. The number of ether oxygens (including phenoxy) is 3. The number of rotatable bonds is 10. The van der Waals surface area contributed by atoms with Gasteiger partial charge < -0.3 is 24.4 Å². The van der Waals surface area contributed by atoms with Crippen molar-refractivity contribution in [2.45, 2.75) is 32.2 Å². The molecular formula is C15H24O5. The lowest BCUT2D eigenvalue weighted by molar-refractivity contribution is -0.0698. The fourth-order valence-electron chi connectivity index (χ4n) is 1.43. The molecule has 3 unspecified atom stereocenters. The topological polar surface area (TPSA) is 68.2 Å². The third kappa shape index (κ3) is 7.45. The van der Waals surface area contributed by atoms with Gasteiger partial charge in [-0.3, -0.25) is 0 Å². The molecule has 5 nitrogen and oxygen atoms in total. The van der Waals surface area contributed by atoms with Gasteiger partial charge in [-0.25, -0.2) is 0 Å². The molecule has 0 aliphatic rings. The van der Waals surface area contributed by atoms with E-state index in [2.05, 4.69) is 0 Å². The van der Waals surface area contributed by atoms with Crippen LogP contribution in [0, 0.1) is 0 Å². The molecule has 1 rings (SSSR count). The number of benzene rings is 1. The molecule has 0 radical (unpaired) electrons. The largest absolute Gasteiger partial charge is 0.491 e. The van der Waals surface area contributed by atoms with Crippen LogP contribution in [0.3, 0.4) is 0 Å². The van der Waals surface area contributed by atoms with Crippen LogP contribution in [0.15, 0.2) is 30.3 Å². The molecule has 0 aliphatic carbocycles. The minimum Gasteiger partial charge on any atom is -0.491 e. The zero-order chi connectivity index (χ0) is 14.8. The molecule has 20 heavy (non-hydrogen) atoms. The van der Waals surface area contributed by atoms with Crippen LogP contribution in [-0.4, -0.2) is 55.0 Å². The van der Waals surface area contributed by atoms with Crippen molar-refractivity contribution in [3.05, 3.63) is 30.3 Å². The molecule has 0 aliphatic heterocycles. The minimum absolute atomic E-state index is 0.0136. The molecule has 3 atom stereocenters. The molecule has 2 N–H and O–H groups in total. The lowest BCUT2D eigenvalue weighted by Gasteiger charge is -2.18. The van der Waals surface area contributed by atoms with Gasteiger partial charge >= 0.3 is 0 Å². The van der Waals surface area contributed by atoms with Crippen LogP contribution in [0.25, 0.3) is 0 Å². The SMILES string of the molecule is CC(CO)OCC(C)OCC(O)COc1ccccc1. The summed E-state index contributed by atoms with van der Waals surface area (Å²) in [6.45, 7) is 4.38. The Morgan fingerprint density at radius 2 is 1.60 bits per heavy atom. The van der Waals surface area contributed by atoms with Crippen molar-refractivity contribution < 1.29 is 24.4 Å². The summed E-state index contributed by atoms with van der Waals surface area (Å²) in [4.78, 5) is 0. The number of para-hydroxylation sites is 1. The van der Waals surface area contributed by atoms with Crippen LogP contribution in [0.1, 0.15) is 13.8 Å². The molecule has 1 aromatic carbocycles. The van der Waals surface area contributed by atoms with E-state index < -0.39 is 6.10 Å². The van der Waals surface area contributed by atoms with Crippen LogP contribution >= 0.6 is 0 Å². The summed E-state index contributed by atoms with van der Waals surface area (Å²) in [7, 11) is 0. The Bertz CT molecular complexity index is 343. The first-order chi connectivity index (χ1) is 9.61. The Morgan fingerprint density at radius 1 is 0.950 bits per heavy atom. The maximum absolute atomic E-state index is 9.75. The Hall–Kier alpha value is -1.14. The molecule has 0 saturated carbocycles. The third-order valence-electron chi connectivity index (χ3n) is 2.63. The second-order valence-electron chi connectivity index (χ2n) is 4.75. The van der Waals surface area contributed by atoms with Gasteiger partial charge in [0, 0.05) is 0 Å². The number of hydrogen-bond donors (Lipinski definition) is 2. The summed E-state index contributed by atoms with van der Waals surface area (Å²) in [6, 6.07) is 9.32. The monoisotopic (exact) mass is 284 g/mol. The first-order valence-electron chi connectivity index (χ1n) is 6.81. The van der Waals surface area contributed by atoms with Gasteiger partial charge in [0.25, 0.3) is 0 Å². The van der Waals surface area contributed by atoms with Crippen molar-refractivity contribution >= 4 is 0 Å². The summed E-state index contributed by atoms with van der Waals surface area (Å²) in [5.74, 6) is 0.722. The zero-order valence-electron chi connectivity index (χ0n) is 12.1. The minimum atomic E-state index is -0.687. The van der Waals surface area contributed by atoms with Crippen LogP contribution < -0.4 is 4.74 Å². The van der Waals surface area contributed by atoms with E-state index in [0.717, 1.165) is 5.75 Å². The Morgan fingerprint density at radius 3 is 2.25 bits per heavy atom. The fraction of sp³-hybridized carbons (Fsp3) is 0.600. The van der Waals surface area contributed by atoms with E-state index in [4.69, 9.17) is 19.3 Å². The van der Waals surface area contributed by atoms with Crippen LogP contribution in [0.2, 0.25) is 0 Å². The van der Waals surface area contributed by atoms with Crippen LogP contribution in [0.4, 0.5) is 0 Å². The lowest BCUT2D eigenvalue weighted by atomic mass is 10.3. The molecule has 0 heterocycles. The van der Waals surface area contributed by atoms with Crippen molar-refractivity contribution in [3.8, 4) is 5.75 Å². The smallest absolute Gasteiger partial charge is 0.119 e. The fourth-order valence-corrected chi connectivity index (χ4v) is 1.43. The summed E-state index contributed by atoms with van der Waals surface area (Å²) in [5.41, 5.74) is 0. The van der Waals surface area contributed by atoms with Gasteiger partial charge in [-0.15, -0.1) is 0 Å². The molecule has 0 aromatic heterocycles. The molecule has 114 valence electrons. The van der Waals surface area contributed by atoms with Gasteiger partial charge in [0.05, 0.1) is 32.0 Å². The van der Waals surface area contributed by atoms with Crippen molar-refractivity contribution in [1.82, 2.24) is 0 Å². The van der Waals surface area contributed by atoms with Crippen LogP contribution in [-0.2, 0) is 9.47 Å². The van der Waals surface area contributed by atoms with Crippen molar-refractivity contribution in [3.63, 3.8) is 0 Å².